The van der Waals surface area contributed by atoms with Gasteiger partial charge in [-0.15, -0.1) is 6.58 Å². The number of hydrogen-bond acceptors (Lipinski definition) is 6. The van der Waals surface area contributed by atoms with Crippen LogP contribution < -0.4 is 5.56 Å². The second kappa shape index (κ2) is 7.23. The largest absolute Gasteiger partial charge is 0.494 e. The maximum atomic E-state index is 12.2. The van der Waals surface area contributed by atoms with Crippen LogP contribution in [0.1, 0.15) is 16.7 Å². The summed E-state index contributed by atoms with van der Waals surface area (Å²) in [5.74, 6) is -0.327. The lowest BCUT2D eigenvalue weighted by molar-refractivity contribution is -0.384. The molecule has 1 aromatic carbocycles. The molecule has 0 aliphatic rings. The summed E-state index contributed by atoms with van der Waals surface area (Å²) in [4.78, 5) is 26.5. The Kier molecular flexibility index (Phi) is 5.09. The monoisotopic (exact) mass is 338 g/mol. The van der Waals surface area contributed by atoms with Crippen LogP contribution in [0.2, 0.25) is 0 Å². The van der Waals surface area contributed by atoms with Gasteiger partial charge in [0.2, 0.25) is 5.88 Å². The zero-order chi connectivity index (χ0) is 18.6. The number of pyridine rings is 1. The van der Waals surface area contributed by atoms with E-state index in [1.807, 2.05) is 6.07 Å². The van der Waals surface area contributed by atoms with Crippen molar-refractivity contribution in [2.24, 2.45) is 4.99 Å². The van der Waals surface area contributed by atoms with Crippen LogP contribution >= 0.6 is 0 Å². The average molecular weight is 338 g/mol. The lowest BCUT2D eigenvalue weighted by atomic mass is 10.1. The molecule has 0 saturated carbocycles. The van der Waals surface area contributed by atoms with Gasteiger partial charge in [0.25, 0.3) is 11.2 Å². The number of nitro benzene ring substituents is 1. The van der Waals surface area contributed by atoms with Crippen molar-refractivity contribution in [1.82, 2.24) is 4.57 Å². The highest BCUT2D eigenvalue weighted by atomic mass is 16.6. The normalized spacial score (nSPS) is 10.6. The van der Waals surface area contributed by atoms with Crippen LogP contribution in [0.15, 0.2) is 46.7 Å². The number of non-ortho nitro benzene ring substituents is 1. The number of allylic oxidation sites excluding steroid dienone is 1. The van der Waals surface area contributed by atoms with E-state index in [2.05, 4.69) is 11.6 Å². The number of nitrogens with zero attached hydrogens (tertiary/aromatic N) is 4. The van der Waals surface area contributed by atoms with Crippen LogP contribution in [-0.4, -0.2) is 20.8 Å². The molecule has 0 unspecified atom stereocenters. The van der Waals surface area contributed by atoms with Gasteiger partial charge >= 0.3 is 0 Å². The van der Waals surface area contributed by atoms with Crippen LogP contribution in [0.4, 0.5) is 11.4 Å². The maximum absolute atomic E-state index is 12.2. The fourth-order valence-electron chi connectivity index (χ4n) is 2.22. The van der Waals surface area contributed by atoms with Gasteiger partial charge in [-0.1, -0.05) is 6.08 Å². The Morgan fingerprint density at radius 2 is 2.08 bits per heavy atom. The van der Waals surface area contributed by atoms with E-state index in [1.54, 1.807) is 0 Å². The van der Waals surface area contributed by atoms with Crippen LogP contribution in [0.3, 0.4) is 0 Å². The molecule has 1 heterocycles. The zero-order valence-corrected chi connectivity index (χ0v) is 13.3. The predicted octanol–water partition coefficient (Wildman–Crippen LogP) is 2.58. The van der Waals surface area contributed by atoms with E-state index in [1.165, 1.54) is 43.5 Å². The molecule has 0 bridgehead atoms. The molecule has 0 radical (unpaired) electrons. The fourth-order valence-corrected chi connectivity index (χ4v) is 2.22. The van der Waals surface area contributed by atoms with Crippen molar-refractivity contribution in [3.05, 3.63) is 74.1 Å². The molecule has 1 N–H and O–H groups in total. The van der Waals surface area contributed by atoms with Crippen molar-refractivity contribution in [3.63, 3.8) is 0 Å². The molecule has 8 nitrogen and oxygen atoms in total. The molecular formula is C17H14N4O4. The summed E-state index contributed by atoms with van der Waals surface area (Å²) in [6.07, 6.45) is 2.74. The van der Waals surface area contributed by atoms with Gasteiger partial charge in [-0.2, -0.15) is 5.26 Å². The minimum atomic E-state index is -0.607. The first-order chi connectivity index (χ1) is 11.9. The molecule has 25 heavy (non-hydrogen) atoms. The molecule has 0 aliphatic heterocycles. The van der Waals surface area contributed by atoms with Gasteiger partial charge in [0.05, 0.1) is 16.2 Å². The van der Waals surface area contributed by atoms with E-state index in [-0.39, 0.29) is 29.2 Å². The number of aromatic hydroxyl groups is 1. The van der Waals surface area contributed by atoms with Crippen LogP contribution in [-0.2, 0) is 6.54 Å². The number of nitriles is 1. The molecule has 0 spiro atoms. The van der Waals surface area contributed by atoms with Crippen molar-refractivity contribution in [3.8, 4) is 11.9 Å². The summed E-state index contributed by atoms with van der Waals surface area (Å²) in [5, 5.41) is 30.2. The minimum absolute atomic E-state index is 0.0397. The zero-order valence-electron chi connectivity index (χ0n) is 13.3. The van der Waals surface area contributed by atoms with Gasteiger partial charge in [-0.05, 0) is 24.6 Å². The highest BCUT2D eigenvalue weighted by Gasteiger charge is 2.17. The number of hydrogen-bond donors (Lipinski definition) is 1. The van der Waals surface area contributed by atoms with Crippen LogP contribution in [0.25, 0.3) is 0 Å². The Labute approximate surface area is 142 Å². The predicted molar refractivity (Wildman–Crippen MR) is 92.4 cm³/mol. The smallest absolute Gasteiger partial charge is 0.271 e. The Morgan fingerprint density at radius 3 is 2.60 bits per heavy atom. The van der Waals surface area contributed by atoms with Crippen LogP contribution in [0, 0.1) is 28.4 Å². The summed E-state index contributed by atoms with van der Waals surface area (Å²) >= 11 is 0. The molecule has 2 aromatic rings. The second-order valence-corrected chi connectivity index (χ2v) is 5.09. The molecule has 0 saturated heterocycles. The van der Waals surface area contributed by atoms with Gasteiger partial charge in [0.1, 0.15) is 11.6 Å². The molecule has 8 heteroatoms. The molecule has 0 aliphatic carbocycles. The third-order valence-corrected chi connectivity index (χ3v) is 3.56. The highest BCUT2D eigenvalue weighted by Crippen LogP contribution is 2.22. The Hall–Kier alpha value is -3.73. The lowest BCUT2D eigenvalue weighted by Crippen LogP contribution is -2.24. The fraction of sp³-hybridized carbons (Fsp3) is 0.118. The van der Waals surface area contributed by atoms with E-state index in [0.29, 0.717) is 11.3 Å². The molecule has 2 rings (SSSR count). The first kappa shape index (κ1) is 17.6. The van der Waals surface area contributed by atoms with Gasteiger partial charge in [-0.25, -0.2) is 0 Å². The summed E-state index contributed by atoms with van der Waals surface area (Å²) in [6, 6.07) is 7.34. The second-order valence-electron chi connectivity index (χ2n) is 5.09. The molecule has 0 atom stereocenters. The topological polar surface area (TPSA) is 122 Å². The highest BCUT2D eigenvalue weighted by molar-refractivity contribution is 5.87. The summed E-state index contributed by atoms with van der Waals surface area (Å²) < 4.78 is 1.02. The number of aliphatic imine (C=N–C) groups is 1. The van der Waals surface area contributed by atoms with E-state index in [9.17, 15) is 25.3 Å². The summed E-state index contributed by atoms with van der Waals surface area (Å²) in [5.41, 5.74) is 0.177. The number of aromatic nitrogens is 1. The SMILES string of the molecule is C=CCn1c(O)c(C=Nc2ccc([N+](=O)[O-])cc2)c(C)c(C#N)c1=O. The van der Waals surface area contributed by atoms with Gasteiger partial charge < -0.3 is 5.11 Å². The molecule has 0 fully saturated rings. The van der Waals surface area contributed by atoms with Crippen molar-refractivity contribution in [2.45, 2.75) is 13.5 Å². The number of nitro groups is 1. The molecule has 1 aromatic heterocycles. The quantitative estimate of drug-likeness (QED) is 0.388. The Balaban J connectivity index is 2.53. The van der Waals surface area contributed by atoms with E-state index in [4.69, 9.17) is 0 Å². The third-order valence-electron chi connectivity index (χ3n) is 3.56. The lowest BCUT2D eigenvalue weighted by Gasteiger charge is -2.12. The Bertz CT molecular complexity index is 966. The van der Waals surface area contributed by atoms with Crippen molar-refractivity contribution < 1.29 is 10.0 Å². The molecule has 0 amide bonds. The van der Waals surface area contributed by atoms with Crippen molar-refractivity contribution in [2.75, 3.05) is 0 Å². The van der Waals surface area contributed by atoms with Crippen LogP contribution in [0.5, 0.6) is 5.88 Å². The third kappa shape index (κ3) is 3.45. The number of rotatable bonds is 5. The minimum Gasteiger partial charge on any atom is -0.494 e. The van der Waals surface area contributed by atoms with Gasteiger partial charge in [0.15, 0.2) is 0 Å². The molecular weight excluding hydrogens is 324 g/mol. The summed E-state index contributed by atoms with van der Waals surface area (Å²) in [7, 11) is 0. The maximum Gasteiger partial charge on any atom is 0.271 e. The van der Waals surface area contributed by atoms with Gasteiger partial charge in [-0.3, -0.25) is 24.5 Å². The standard InChI is InChI=1S/C17H14N4O4/c1-3-8-20-16(22)14(9-18)11(2)15(17(20)23)10-19-12-4-6-13(7-5-12)21(24)25/h3-7,10,23H,1,8H2,2H3. The first-order valence-corrected chi connectivity index (χ1v) is 7.16. The summed E-state index contributed by atoms with van der Waals surface area (Å²) in [6.45, 7) is 5.10. The van der Waals surface area contributed by atoms with Crippen molar-refractivity contribution >= 4 is 17.6 Å². The Morgan fingerprint density at radius 1 is 1.44 bits per heavy atom. The van der Waals surface area contributed by atoms with E-state index >= 15 is 0 Å². The van der Waals surface area contributed by atoms with E-state index < -0.39 is 10.5 Å². The van der Waals surface area contributed by atoms with Crippen molar-refractivity contribution in [1.29, 1.82) is 5.26 Å². The molecule has 126 valence electrons. The first-order valence-electron chi connectivity index (χ1n) is 7.16. The average Bonchev–Trinajstić information content (AvgIpc) is 2.59. The number of benzene rings is 1. The van der Waals surface area contributed by atoms with E-state index in [0.717, 1.165) is 4.57 Å². The van der Waals surface area contributed by atoms with Gasteiger partial charge in [0, 0.05) is 24.9 Å².